The number of pyridine rings is 1. The van der Waals surface area contributed by atoms with E-state index >= 15 is 0 Å². The van der Waals surface area contributed by atoms with E-state index in [0.717, 1.165) is 39.8 Å². The van der Waals surface area contributed by atoms with Gasteiger partial charge in [-0.1, -0.05) is 13.0 Å². The lowest BCUT2D eigenvalue weighted by Crippen LogP contribution is -2.36. The summed E-state index contributed by atoms with van der Waals surface area (Å²) in [7, 11) is -3.72. The van der Waals surface area contributed by atoms with Crippen LogP contribution in [0.4, 0.5) is 4.39 Å². The number of fused-ring (bicyclic) bond motifs is 1. The number of nitrogens with zero attached hydrogens (tertiary/aromatic N) is 6. The first-order valence-electron chi connectivity index (χ1n) is 13.5. The molecule has 5 aromatic rings. The smallest absolute Gasteiger partial charge is 0.246 e. The van der Waals surface area contributed by atoms with Gasteiger partial charge < -0.3 is 0 Å². The lowest BCUT2D eigenvalue weighted by molar-refractivity contribution is 0.411. The fourth-order valence-electron chi connectivity index (χ4n) is 5.86. The van der Waals surface area contributed by atoms with E-state index in [1.165, 1.54) is 18.3 Å². The molecule has 0 aliphatic carbocycles. The van der Waals surface area contributed by atoms with E-state index in [9.17, 15) is 12.8 Å². The molecule has 0 amide bonds. The molecule has 10 heteroatoms. The third-order valence-corrected chi connectivity index (χ3v) is 9.62. The Hall–Kier alpha value is -3.89. The van der Waals surface area contributed by atoms with Crippen LogP contribution in [-0.2, 0) is 28.4 Å². The second-order valence-electron chi connectivity index (χ2n) is 10.6. The predicted molar refractivity (Wildman–Crippen MR) is 151 cm³/mol. The van der Waals surface area contributed by atoms with Crippen LogP contribution in [0.15, 0.2) is 84.3 Å². The van der Waals surface area contributed by atoms with Crippen LogP contribution >= 0.6 is 0 Å². The number of hydrogen-bond donors (Lipinski definition) is 0. The highest BCUT2D eigenvalue weighted by Gasteiger charge is 2.45. The van der Waals surface area contributed by atoms with Crippen molar-refractivity contribution in [2.45, 2.75) is 50.0 Å². The minimum Gasteiger partial charge on any atom is -0.271 e. The van der Waals surface area contributed by atoms with E-state index in [-0.39, 0.29) is 10.7 Å². The highest BCUT2D eigenvalue weighted by Crippen LogP contribution is 2.42. The van der Waals surface area contributed by atoms with Gasteiger partial charge in [-0.05, 0) is 79.4 Å². The van der Waals surface area contributed by atoms with E-state index in [4.69, 9.17) is 0 Å². The topological polar surface area (TPSA) is 85.9 Å². The summed E-state index contributed by atoms with van der Waals surface area (Å²) in [5.41, 5.74) is 4.25. The molecule has 1 aliphatic heterocycles. The average molecular weight is 559 g/mol. The van der Waals surface area contributed by atoms with Crippen molar-refractivity contribution in [2.75, 3.05) is 13.1 Å². The molecule has 8 nitrogen and oxygen atoms in total. The third-order valence-electron chi connectivity index (χ3n) is 7.82. The molecule has 4 heterocycles. The Labute approximate surface area is 233 Å². The monoisotopic (exact) mass is 558 g/mol. The van der Waals surface area contributed by atoms with Gasteiger partial charge in [-0.15, -0.1) is 0 Å². The largest absolute Gasteiger partial charge is 0.271 e. The summed E-state index contributed by atoms with van der Waals surface area (Å²) in [6.07, 6.45) is 8.79. The second-order valence-corrected chi connectivity index (χ2v) is 12.5. The summed E-state index contributed by atoms with van der Waals surface area (Å²) in [6, 6.07) is 16.3. The van der Waals surface area contributed by atoms with E-state index in [2.05, 4.69) is 34.2 Å². The number of hydrogen-bond acceptors (Lipinski definition) is 5. The molecule has 0 saturated carbocycles. The van der Waals surface area contributed by atoms with Crippen LogP contribution in [-0.4, -0.2) is 50.4 Å². The zero-order valence-electron chi connectivity index (χ0n) is 22.5. The molecule has 0 bridgehead atoms. The Kier molecular flexibility index (Phi) is 6.75. The van der Waals surface area contributed by atoms with Crippen LogP contribution in [0.3, 0.4) is 0 Å². The SMILES string of the molecule is CCCn1cc(S(=O)(=O)N2CCC(Cc3ccccn3)(c3cc4cnn(-c5ccc(F)cc5)c4cc3C)C2)cn1. The maximum absolute atomic E-state index is 13.7. The summed E-state index contributed by atoms with van der Waals surface area (Å²) in [6.45, 7) is 5.50. The quantitative estimate of drug-likeness (QED) is 0.266. The van der Waals surface area contributed by atoms with Crippen molar-refractivity contribution >= 4 is 20.9 Å². The van der Waals surface area contributed by atoms with Crippen molar-refractivity contribution in [3.8, 4) is 5.69 Å². The van der Waals surface area contributed by atoms with Crippen LogP contribution < -0.4 is 0 Å². The van der Waals surface area contributed by atoms with Crippen LogP contribution in [0.1, 0.15) is 36.6 Å². The molecule has 1 unspecified atom stereocenters. The number of benzene rings is 2. The molecule has 3 aromatic heterocycles. The van der Waals surface area contributed by atoms with Gasteiger partial charge in [-0.25, -0.2) is 17.5 Å². The Morgan fingerprint density at radius 2 is 1.88 bits per heavy atom. The van der Waals surface area contributed by atoms with E-state index in [1.54, 1.807) is 38.2 Å². The molecule has 1 fully saturated rings. The van der Waals surface area contributed by atoms with Gasteiger partial charge in [0.25, 0.3) is 0 Å². The molecule has 6 rings (SSSR count). The van der Waals surface area contributed by atoms with E-state index in [0.29, 0.717) is 32.5 Å². The minimum absolute atomic E-state index is 0.224. The molecule has 1 saturated heterocycles. The van der Waals surface area contributed by atoms with Gasteiger partial charge in [0, 0.05) is 54.9 Å². The molecular formula is C30H31FN6O2S. The Bertz CT molecular complexity index is 1770. The van der Waals surface area contributed by atoms with Crippen molar-refractivity contribution in [2.24, 2.45) is 0 Å². The third kappa shape index (κ3) is 4.71. The second kappa shape index (κ2) is 10.3. The molecule has 1 atom stereocenters. The van der Waals surface area contributed by atoms with Crippen LogP contribution in [0.5, 0.6) is 0 Å². The van der Waals surface area contributed by atoms with E-state index < -0.39 is 15.4 Å². The Morgan fingerprint density at radius 3 is 2.62 bits per heavy atom. The zero-order valence-corrected chi connectivity index (χ0v) is 23.4. The highest BCUT2D eigenvalue weighted by molar-refractivity contribution is 7.89. The van der Waals surface area contributed by atoms with Crippen molar-refractivity contribution < 1.29 is 12.8 Å². The van der Waals surface area contributed by atoms with Gasteiger partial charge in [0.05, 0.1) is 23.6 Å². The normalized spacial score (nSPS) is 18.1. The summed E-state index contributed by atoms with van der Waals surface area (Å²) in [5, 5.41) is 9.78. The molecule has 1 aliphatic rings. The van der Waals surface area contributed by atoms with E-state index in [1.807, 2.05) is 31.3 Å². The first kappa shape index (κ1) is 26.3. The zero-order chi connectivity index (χ0) is 27.9. The van der Waals surface area contributed by atoms with Crippen LogP contribution in [0.25, 0.3) is 16.6 Å². The maximum Gasteiger partial charge on any atom is 0.246 e. The summed E-state index contributed by atoms with van der Waals surface area (Å²) in [5.74, 6) is -0.298. The van der Waals surface area contributed by atoms with Crippen molar-refractivity contribution in [3.05, 3.63) is 102 Å². The molecular weight excluding hydrogens is 527 g/mol. The fourth-order valence-corrected chi connectivity index (χ4v) is 7.35. The van der Waals surface area contributed by atoms with Crippen molar-refractivity contribution in [3.63, 3.8) is 0 Å². The molecule has 40 heavy (non-hydrogen) atoms. The average Bonchev–Trinajstić information content (AvgIpc) is 3.69. The number of aromatic nitrogens is 5. The number of aryl methyl sites for hydroxylation is 2. The lowest BCUT2D eigenvalue weighted by Gasteiger charge is -2.31. The van der Waals surface area contributed by atoms with Gasteiger partial charge in [0.15, 0.2) is 0 Å². The van der Waals surface area contributed by atoms with Crippen LogP contribution in [0.2, 0.25) is 0 Å². The lowest BCUT2D eigenvalue weighted by atomic mass is 9.74. The van der Waals surface area contributed by atoms with Gasteiger partial charge in [0.2, 0.25) is 10.0 Å². The maximum atomic E-state index is 13.7. The number of sulfonamides is 1. The summed E-state index contributed by atoms with van der Waals surface area (Å²) in [4.78, 5) is 4.82. The van der Waals surface area contributed by atoms with Crippen LogP contribution in [0, 0.1) is 12.7 Å². The molecule has 0 spiro atoms. The van der Waals surface area contributed by atoms with Crippen molar-refractivity contribution in [1.82, 2.24) is 28.9 Å². The number of halogens is 1. The standard InChI is InChI=1S/C30H31FN6O2S/c1-3-13-35-20-27(19-33-35)40(38,39)36-14-11-30(21-36,17-25-6-4-5-12-32-25)28-16-23-18-34-37(29(23)15-22(28)2)26-9-7-24(31)8-10-26/h4-10,12,15-16,18-20H,3,11,13-14,17,21H2,1-2H3. The molecule has 0 N–H and O–H groups in total. The van der Waals surface area contributed by atoms with Gasteiger partial charge in [0.1, 0.15) is 10.7 Å². The molecule has 0 radical (unpaired) electrons. The predicted octanol–water partition coefficient (Wildman–Crippen LogP) is 5.05. The molecule has 206 valence electrons. The Morgan fingerprint density at radius 1 is 1.05 bits per heavy atom. The first-order chi connectivity index (χ1) is 19.3. The van der Waals surface area contributed by atoms with Gasteiger partial charge in [-0.3, -0.25) is 9.67 Å². The number of rotatable bonds is 8. The van der Waals surface area contributed by atoms with Gasteiger partial charge >= 0.3 is 0 Å². The summed E-state index contributed by atoms with van der Waals surface area (Å²) < 4.78 is 46.0. The highest BCUT2D eigenvalue weighted by atomic mass is 32.2. The minimum atomic E-state index is -3.72. The fraction of sp³-hybridized carbons (Fsp3) is 0.300. The Balaban J connectivity index is 1.41. The van der Waals surface area contributed by atoms with Gasteiger partial charge in [-0.2, -0.15) is 14.5 Å². The summed E-state index contributed by atoms with van der Waals surface area (Å²) >= 11 is 0. The first-order valence-corrected chi connectivity index (χ1v) is 14.9. The molecule has 2 aromatic carbocycles. The van der Waals surface area contributed by atoms with Crippen molar-refractivity contribution in [1.29, 1.82) is 0 Å².